The van der Waals surface area contributed by atoms with Crippen LogP contribution in [-0.2, 0) is 11.2 Å². The fourth-order valence-corrected chi connectivity index (χ4v) is 4.09. The van der Waals surface area contributed by atoms with Crippen molar-refractivity contribution in [2.75, 3.05) is 5.32 Å². The summed E-state index contributed by atoms with van der Waals surface area (Å²) in [6.07, 6.45) is 0.202. The summed E-state index contributed by atoms with van der Waals surface area (Å²) in [7, 11) is 0. The normalized spacial score (nSPS) is 14.2. The fraction of sp³-hybridized carbons (Fsp3) is 0.227. The molecule has 1 aliphatic rings. The van der Waals surface area contributed by atoms with Gasteiger partial charge in [0.1, 0.15) is 11.0 Å². The molecule has 7 nitrogen and oxygen atoms in total. The van der Waals surface area contributed by atoms with Crippen molar-refractivity contribution in [3.05, 3.63) is 76.3 Å². The summed E-state index contributed by atoms with van der Waals surface area (Å²) in [6, 6.07) is 14.9. The van der Waals surface area contributed by atoms with Crippen molar-refractivity contribution in [1.82, 2.24) is 15.1 Å². The van der Waals surface area contributed by atoms with Crippen LogP contribution >= 0.6 is 11.3 Å². The maximum absolute atomic E-state index is 13.2. The van der Waals surface area contributed by atoms with Gasteiger partial charge in [0.05, 0.1) is 11.1 Å². The summed E-state index contributed by atoms with van der Waals surface area (Å²) in [5.74, 6) is -1.22. The second-order valence-electron chi connectivity index (χ2n) is 7.32. The average Bonchev–Trinajstić information content (AvgIpc) is 3.31. The number of nitrogens with one attached hydrogen (secondary N) is 1. The number of aromatic nitrogens is 2. The summed E-state index contributed by atoms with van der Waals surface area (Å²) < 4.78 is 0. The quantitative estimate of drug-likeness (QED) is 0.616. The van der Waals surface area contributed by atoms with Crippen LogP contribution in [-0.4, -0.2) is 38.9 Å². The van der Waals surface area contributed by atoms with Gasteiger partial charge in [0, 0.05) is 12.3 Å². The Kier molecular flexibility index (Phi) is 5.41. The second kappa shape index (κ2) is 8.16. The molecule has 2 aromatic carbocycles. The van der Waals surface area contributed by atoms with Crippen molar-refractivity contribution in [2.24, 2.45) is 0 Å². The number of anilines is 1. The van der Waals surface area contributed by atoms with Crippen LogP contribution < -0.4 is 5.32 Å². The van der Waals surface area contributed by atoms with Crippen molar-refractivity contribution >= 4 is 34.2 Å². The number of nitrogens with zero attached hydrogens (tertiary/aromatic N) is 3. The minimum Gasteiger partial charge on any atom is -0.299 e. The monoisotopic (exact) mass is 420 g/mol. The number of fused-ring (bicyclic) bond motifs is 1. The molecule has 1 atom stereocenters. The predicted molar refractivity (Wildman–Crippen MR) is 114 cm³/mol. The van der Waals surface area contributed by atoms with Gasteiger partial charge in [-0.1, -0.05) is 67.6 Å². The molecular weight excluding hydrogens is 400 g/mol. The minimum atomic E-state index is -1.01. The first-order valence-corrected chi connectivity index (χ1v) is 10.4. The van der Waals surface area contributed by atoms with Crippen LogP contribution in [0.4, 0.5) is 5.13 Å². The van der Waals surface area contributed by atoms with E-state index < -0.39 is 23.8 Å². The van der Waals surface area contributed by atoms with Gasteiger partial charge in [-0.2, -0.15) is 0 Å². The molecule has 0 aliphatic carbocycles. The van der Waals surface area contributed by atoms with Crippen LogP contribution in [0.15, 0.2) is 54.6 Å². The maximum atomic E-state index is 13.2. The zero-order valence-corrected chi connectivity index (χ0v) is 17.3. The number of rotatable bonds is 6. The molecule has 0 saturated carbocycles. The zero-order chi connectivity index (χ0) is 21.3. The van der Waals surface area contributed by atoms with Gasteiger partial charge < -0.3 is 0 Å². The van der Waals surface area contributed by atoms with Gasteiger partial charge in [-0.3, -0.25) is 24.6 Å². The molecule has 1 aromatic heterocycles. The lowest BCUT2D eigenvalue weighted by atomic mass is 10.0. The lowest BCUT2D eigenvalue weighted by Gasteiger charge is -2.25. The SMILES string of the molecule is CC(C)c1nnc(NC(=O)C(Cc2ccccc2)N2C(=O)c3ccccc3C2=O)s1. The molecule has 1 aliphatic heterocycles. The molecule has 0 spiro atoms. The van der Waals surface area contributed by atoms with Gasteiger partial charge in [0.15, 0.2) is 0 Å². The lowest BCUT2D eigenvalue weighted by Crippen LogP contribution is -2.48. The smallest absolute Gasteiger partial charge is 0.262 e. The Balaban J connectivity index is 1.65. The van der Waals surface area contributed by atoms with E-state index in [4.69, 9.17) is 0 Å². The maximum Gasteiger partial charge on any atom is 0.262 e. The highest BCUT2D eigenvalue weighted by Crippen LogP contribution is 2.27. The summed E-state index contributed by atoms with van der Waals surface area (Å²) in [5.41, 5.74) is 1.46. The first kappa shape index (κ1) is 19.9. The Bertz CT molecular complexity index is 1080. The van der Waals surface area contributed by atoms with E-state index in [0.29, 0.717) is 16.3 Å². The van der Waals surface area contributed by atoms with Gasteiger partial charge in [0.25, 0.3) is 11.8 Å². The van der Waals surface area contributed by atoms with Gasteiger partial charge in [0.2, 0.25) is 11.0 Å². The number of hydrogen-bond donors (Lipinski definition) is 1. The van der Waals surface area contributed by atoms with Gasteiger partial charge in [-0.25, -0.2) is 0 Å². The topological polar surface area (TPSA) is 92.3 Å². The molecule has 0 radical (unpaired) electrons. The van der Waals surface area contributed by atoms with E-state index in [9.17, 15) is 14.4 Å². The second-order valence-corrected chi connectivity index (χ2v) is 8.33. The van der Waals surface area contributed by atoms with Gasteiger partial charge in [-0.05, 0) is 17.7 Å². The van der Waals surface area contributed by atoms with Crippen molar-refractivity contribution in [3.63, 3.8) is 0 Å². The largest absolute Gasteiger partial charge is 0.299 e. The number of carbonyl (C=O) groups is 3. The van der Waals surface area contributed by atoms with Crippen molar-refractivity contribution < 1.29 is 14.4 Å². The first-order chi connectivity index (χ1) is 14.5. The Morgan fingerprint density at radius 1 is 0.967 bits per heavy atom. The summed E-state index contributed by atoms with van der Waals surface area (Å²) >= 11 is 1.28. The molecule has 1 N–H and O–H groups in total. The fourth-order valence-electron chi connectivity index (χ4n) is 3.34. The van der Waals surface area contributed by atoms with E-state index in [1.807, 2.05) is 44.2 Å². The summed E-state index contributed by atoms with van der Waals surface area (Å²) in [6.45, 7) is 3.98. The molecule has 4 rings (SSSR count). The lowest BCUT2D eigenvalue weighted by molar-refractivity contribution is -0.119. The summed E-state index contributed by atoms with van der Waals surface area (Å²) in [4.78, 5) is 40.2. The molecular formula is C22H20N4O3S. The Morgan fingerprint density at radius 3 is 2.13 bits per heavy atom. The van der Waals surface area contributed by atoms with Crippen LogP contribution in [0.3, 0.4) is 0 Å². The number of carbonyl (C=O) groups excluding carboxylic acids is 3. The van der Waals surface area contributed by atoms with Gasteiger partial charge in [-0.15, -0.1) is 10.2 Å². The molecule has 0 saturated heterocycles. The Labute approximate surface area is 177 Å². The number of hydrogen-bond acceptors (Lipinski definition) is 6. The first-order valence-electron chi connectivity index (χ1n) is 9.61. The Morgan fingerprint density at radius 2 is 1.57 bits per heavy atom. The highest BCUT2D eigenvalue weighted by atomic mass is 32.1. The minimum absolute atomic E-state index is 0.185. The molecule has 30 heavy (non-hydrogen) atoms. The van der Waals surface area contributed by atoms with E-state index in [1.54, 1.807) is 24.3 Å². The van der Waals surface area contributed by atoms with Crippen LogP contribution in [0.2, 0.25) is 0 Å². The molecule has 152 valence electrons. The molecule has 8 heteroatoms. The van der Waals surface area contributed by atoms with Crippen LogP contribution in [0.25, 0.3) is 0 Å². The van der Waals surface area contributed by atoms with E-state index in [-0.39, 0.29) is 12.3 Å². The number of amides is 3. The van der Waals surface area contributed by atoms with Crippen LogP contribution in [0, 0.1) is 0 Å². The van der Waals surface area contributed by atoms with Crippen molar-refractivity contribution in [3.8, 4) is 0 Å². The third-order valence-electron chi connectivity index (χ3n) is 4.88. The molecule has 0 fully saturated rings. The predicted octanol–water partition coefficient (Wildman–Crippen LogP) is 3.51. The average molecular weight is 420 g/mol. The van der Waals surface area contributed by atoms with E-state index in [0.717, 1.165) is 15.5 Å². The third kappa shape index (κ3) is 3.73. The summed E-state index contributed by atoms with van der Waals surface area (Å²) in [5, 5.41) is 12.0. The van der Waals surface area contributed by atoms with Crippen LogP contribution in [0.5, 0.6) is 0 Å². The third-order valence-corrected chi connectivity index (χ3v) is 6.02. The molecule has 2 heterocycles. The van der Waals surface area contributed by atoms with E-state index in [1.165, 1.54) is 11.3 Å². The molecule has 0 bridgehead atoms. The van der Waals surface area contributed by atoms with Crippen molar-refractivity contribution in [2.45, 2.75) is 32.2 Å². The standard InChI is InChI=1S/C22H20N4O3S/c1-13(2)19-24-25-22(30-19)23-18(27)17(12-14-8-4-3-5-9-14)26-20(28)15-10-6-7-11-16(15)21(26)29/h3-11,13,17H,12H2,1-2H3,(H,23,25,27). The molecule has 3 aromatic rings. The van der Waals surface area contributed by atoms with Crippen LogP contribution in [0.1, 0.15) is 51.1 Å². The molecule has 1 unspecified atom stereocenters. The highest BCUT2D eigenvalue weighted by molar-refractivity contribution is 7.15. The Hall–Kier alpha value is -3.39. The van der Waals surface area contributed by atoms with Crippen molar-refractivity contribution in [1.29, 1.82) is 0 Å². The van der Waals surface area contributed by atoms with E-state index in [2.05, 4.69) is 15.5 Å². The van der Waals surface area contributed by atoms with Gasteiger partial charge >= 0.3 is 0 Å². The number of imide groups is 1. The number of benzene rings is 2. The molecule has 3 amide bonds. The zero-order valence-electron chi connectivity index (χ0n) is 16.5. The van der Waals surface area contributed by atoms with E-state index >= 15 is 0 Å². The highest BCUT2D eigenvalue weighted by Gasteiger charge is 2.42.